The second-order valence-corrected chi connectivity index (χ2v) is 14.7. The van der Waals surface area contributed by atoms with E-state index in [0.29, 0.717) is 19.8 Å². The number of hydrogen-bond donors (Lipinski definition) is 0. The van der Waals surface area contributed by atoms with Crippen LogP contribution in [0.1, 0.15) is 40.3 Å². The van der Waals surface area contributed by atoms with Gasteiger partial charge >= 0.3 is 0 Å². The Morgan fingerprint density at radius 1 is 0.463 bits per heavy atom. The summed E-state index contributed by atoms with van der Waals surface area (Å²) < 4.78 is 35.3. The van der Waals surface area contributed by atoms with Gasteiger partial charge in [-0.3, -0.25) is 0 Å². The van der Waals surface area contributed by atoms with Crippen molar-refractivity contribution in [2.45, 2.75) is 62.2 Å². The Labute approximate surface area is 324 Å². The molecule has 0 spiro atoms. The van der Waals surface area contributed by atoms with Crippen LogP contribution in [-0.2, 0) is 49.1 Å². The minimum atomic E-state index is -0.925. The molecule has 0 bridgehead atoms. The molecule has 54 heavy (non-hydrogen) atoms. The van der Waals surface area contributed by atoms with Gasteiger partial charge < -0.3 is 23.7 Å². The van der Waals surface area contributed by atoms with Crippen LogP contribution in [0.5, 0.6) is 0 Å². The summed E-state index contributed by atoms with van der Waals surface area (Å²) in [6.07, 6.45) is -1.91. The number of ether oxygens (including phenoxy) is 5. The highest BCUT2D eigenvalue weighted by atomic mass is 32.2. The summed E-state index contributed by atoms with van der Waals surface area (Å²) in [4.78, 5) is 0. The summed E-state index contributed by atoms with van der Waals surface area (Å²) >= 11 is 1.73. The molecule has 0 amide bonds. The normalized spacial score (nSPS) is 20.1. The summed E-state index contributed by atoms with van der Waals surface area (Å²) in [6, 6.07) is 62.2. The lowest BCUT2D eigenvalue weighted by Crippen LogP contribution is -2.60. The molecule has 0 unspecified atom stereocenters. The Kier molecular flexibility index (Phi) is 13.4. The van der Waals surface area contributed by atoms with Crippen LogP contribution >= 0.6 is 11.8 Å². The lowest BCUT2D eigenvalue weighted by molar-refractivity contribution is -0.258. The van der Waals surface area contributed by atoms with Gasteiger partial charge in [-0.25, -0.2) is 0 Å². The minimum absolute atomic E-state index is 0.232. The van der Waals surface area contributed by atoms with Crippen LogP contribution in [0.25, 0.3) is 0 Å². The van der Waals surface area contributed by atoms with E-state index in [0.717, 1.165) is 39.1 Å². The molecule has 0 N–H and O–H groups in total. The van der Waals surface area contributed by atoms with Gasteiger partial charge in [0.25, 0.3) is 0 Å². The van der Waals surface area contributed by atoms with Crippen LogP contribution in [0.15, 0.2) is 182 Å². The Hall–Kier alpha value is -4.53. The van der Waals surface area contributed by atoms with Gasteiger partial charge in [-0.1, -0.05) is 189 Å². The highest BCUT2D eigenvalue weighted by molar-refractivity contribution is 7.99. The van der Waals surface area contributed by atoms with E-state index in [1.165, 1.54) is 0 Å². The SMILES string of the molecule is CCS[C@H]1O[C@H](COC(c2ccccc2)(c2ccccc2)c2ccccc2)[C@H](OCc2ccccc2)[C@H](OCc2ccccc2)[C@H]1OCc1ccccc1. The quantitative estimate of drug-likeness (QED) is 0.0869. The first-order valence-electron chi connectivity index (χ1n) is 18.8. The second kappa shape index (κ2) is 19.2. The van der Waals surface area contributed by atoms with E-state index in [9.17, 15) is 0 Å². The molecule has 1 aliphatic heterocycles. The monoisotopic (exact) mass is 736 g/mol. The van der Waals surface area contributed by atoms with Gasteiger partial charge in [0, 0.05) is 0 Å². The summed E-state index contributed by atoms with van der Waals surface area (Å²) in [5.41, 5.74) is 5.07. The zero-order valence-electron chi connectivity index (χ0n) is 30.7. The second-order valence-electron chi connectivity index (χ2n) is 13.4. The van der Waals surface area contributed by atoms with Crippen LogP contribution in [0.3, 0.4) is 0 Å². The lowest BCUT2D eigenvalue weighted by Gasteiger charge is -2.47. The van der Waals surface area contributed by atoms with Gasteiger partial charge in [-0.2, -0.15) is 0 Å². The fraction of sp³-hybridized carbons (Fsp3) is 0.250. The molecule has 0 aliphatic carbocycles. The van der Waals surface area contributed by atoms with Crippen molar-refractivity contribution in [1.29, 1.82) is 0 Å². The fourth-order valence-corrected chi connectivity index (χ4v) is 8.13. The third kappa shape index (κ3) is 9.22. The van der Waals surface area contributed by atoms with Crippen LogP contribution in [-0.4, -0.2) is 42.2 Å². The molecule has 5 atom stereocenters. The van der Waals surface area contributed by atoms with Gasteiger partial charge in [-0.15, -0.1) is 11.8 Å². The van der Waals surface area contributed by atoms with Crippen molar-refractivity contribution in [1.82, 2.24) is 0 Å². The molecule has 7 rings (SSSR count). The van der Waals surface area contributed by atoms with Crippen molar-refractivity contribution >= 4 is 11.8 Å². The molecule has 1 saturated heterocycles. The maximum Gasteiger partial charge on any atom is 0.143 e. The van der Waals surface area contributed by atoms with E-state index >= 15 is 0 Å². The summed E-state index contributed by atoms with van der Waals surface area (Å²) in [7, 11) is 0. The number of rotatable bonds is 17. The molecule has 5 nitrogen and oxygen atoms in total. The Bertz CT molecular complexity index is 1830. The van der Waals surface area contributed by atoms with E-state index < -0.39 is 30.0 Å². The van der Waals surface area contributed by atoms with E-state index in [1.54, 1.807) is 11.8 Å². The maximum atomic E-state index is 7.40. The standard InChI is InChI=1S/C48H48O5S/c1-2-54-47-46(51-35-39-25-13-5-14-26-39)45(50-34-38-23-11-4-12-24-38)44(49-33-37-21-9-3-10-22-37)43(53-47)36-52-48(40-27-15-6-16-28-40,41-29-17-7-18-30-41)42-31-19-8-20-32-42/h3-32,43-47H,2,33-36H2,1H3/t43-,44+,45+,46-,47-/m1/s1. The average Bonchev–Trinajstić information content (AvgIpc) is 3.24. The zero-order valence-corrected chi connectivity index (χ0v) is 31.5. The van der Waals surface area contributed by atoms with Gasteiger partial charge in [0.1, 0.15) is 35.5 Å². The molecule has 1 aliphatic rings. The van der Waals surface area contributed by atoms with Gasteiger partial charge in [-0.05, 0) is 39.1 Å². The van der Waals surface area contributed by atoms with Crippen LogP contribution in [0.2, 0.25) is 0 Å². The van der Waals surface area contributed by atoms with E-state index in [-0.39, 0.29) is 12.0 Å². The number of hydrogen-bond acceptors (Lipinski definition) is 6. The average molecular weight is 737 g/mol. The Morgan fingerprint density at radius 3 is 1.20 bits per heavy atom. The topological polar surface area (TPSA) is 46.2 Å². The summed E-state index contributed by atoms with van der Waals surface area (Å²) in [5.74, 6) is 0.840. The van der Waals surface area contributed by atoms with Gasteiger partial charge in [0.05, 0.1) is 26.4 Å². The van der Waals surface area contributed by atoms with E-state index in [4.69, 9.17) is 23.7 Å². The van der Waals surface area contributed by atoms with Crippen molar-refractivity contribution in [3.8, 4) is 0 Å². The smallest absolute Gasteiger partial charge is 0.143 e. The molecule has 0 saturated carbocycles. The number of benzene rings is 6. The molecule has 276 valence electrons. The largest absolute Gasteiger partial charge is 0.368 e. The highest BCUT2D eigenvalue weighted by Gasteiger charge is 2.50. The van der Waals surface area contributed by atoms with Crippen LogP contribution in [0.4, 0.5) is 0 Å². The zero-order chi connectivity index (χ0) is 36.8. The summed E-state index contributed by atoms with van der Waals surface area (Å²) in [6.45, 7) is 3.59. The third-order valence-corrected chi connectivity index (χ3v) is 10.8. The Morgan fingerprint density at radius 2 is 0.815 bits per heavy atom. The summed E-state index contributed by atoms with van der Waals surface area (Å²) in [5, 5.41) is 0. The molecule has 0 aromatic heterocycles. The van der Waals surface area contributed by atoms with Crippen LogP contribution in [0, 0.1) is 0 Å². The van der Waals surface area contributed by atoms with Gasteiger partial charge in [0.15, 0.2) is 0 Å². The van der Waals surface area contributed by atoms with Crippen molar-refractivity contribution in [3.63, 3.8) is 0 Å². The molecular formula is C48H48O5S. The number of thioether (sulfide) groups is 1. The molecule has 1 fully saturated rings. The fourth-order valence-electron chi connectivity index (χ4n) is 7.15. The predicted molar refractivity (Wildman–Crippen MR) is 217 cm³/mol. The maximum absolute atomic E-state index is 7.40. The molecular weight excluding hydrogens is 689 g/mol. The van der Waals surface area contributed by atoms with E-state index in [1.807, 2.05) is 72.8 Å². The molecule has 6 heteroatoms. The van der Waals surface area contributed by atoms with E-state index in [2.05, 4.69) is 116 Å². The molecule has 6 aromatic carbocycles. The molecule has 6 aromatic rings. The van der Waals surface area contributed by atoms with Crippen molar-refractivity contribution in [2.24, 2.45) is 0 Å². The first-order chi connectivity index (χ1) is 26.7. The first kappa shape index (κ1) is 37.8. The first-order valence-corrected chi connectivity index (χ1v) is 19.8. The molecule has 0 radical (unpaired) electrons. The predicted octanol–water partition coefficient (Wildman–Crippen LogP) is 10.2. The highest BCUT2D eigenvalue weighted by Crippen LogP contribution is 2.42. The lowest BCUT2D eigenvalue weighted by atomic mass is 9.80. The minimum Gasteiger partial charge on any atom is -0.368 e. The van der Waals surface area contributed by atoms with Crippen molar-refractivity contribution in [3.05, 3.63) is 215 Å². The Balaban J connectivity index is 1.28. The third-order valence-electron chi connectivity index (χ3n) is 9.78. The van der Waals surface area contributed by atoms with Crippen LogP contribution < -0.4 is 0 Å². The van der Waals surface area contributed by atoms with Crippen molar-refractivity contribution < 1.29 is 23.7 Å². The van der Waals surface area contributed by atoms with Crippen molar-refractivity contribution in [2.75, 3.05) is 12.4 Å². The van der Waals surface area contributed by atoms with Gasteiger partial charge in [0.2, 0.25) is 0 Å². The molecule has 1 heterocycles.